The van der Waals surface area contributed by atoms with Crippen LogP contribution in [0.4, 0.5) is 0 Å². The average molecular weight is 398 g/mol. The van der Waals surface area contributed by atoms with Crippen LogP contribution in [0.15, 0.2) is 52.2 Å². The third-order valence-electron chi connectivity index (χ3n) is 4.53. The first-order valence-corrected chi connectivity index (χ1v) is 10.1. The Kier molecular flexibility index (Phi) is 5.38. The Labute approximate surface area is 167 Å². The normalized spacial score (nSPS) is 14.6. The van der Waals surface area contributed by atoms with Gasteiger partial charge in [-0.3, -0.25) is 9.36 Å². The van der Waals surface area contributed by atoms with Crippen LogP contribution in [0.25, 0.3) is 11.4 Å². The maximum Gasteiger partial charge on any atom is 0.233 e. The van der Waals surface area contributed by atoms with Crippen LogP contribution in [0.1, 0.15) is 25.5 Å². The molecule has 1 fully saturated rings. The summed E-state index contributed by atoms with van der Waals surface area (Å²) in [6, 6.07) is 11.8. The molecule has 0 radical (unpaired) electrons. The minimum absolute atomic E-state index is 0.0334. The SMILES string of the molecule is COc1ccc(-c2nnc(SC(C)C(=O)NC3CC3)n2Cc2ccco2)cc1. The zero-order valence-electron chi connectivity index (χ0n) is 15.8. The number of benzene rings is 1. The van der Waals surface area contributed by atoms with Gasteiger partial charge >= 0.3 is 0 Å². The quantitative estimate of drug-likeness (QED) is 0.586. The standard InChI is InChI=1S/C20H22N4O3S/c1-13(19(25)21-15-7-8-15)28-20-23-22-18(14-5-9-16(26-2)10-6-14)24(20)12-17-4-3-11-27-17/h3-6,9-11,13,15H,7-8,12H2,1-2H3,(H,21,25). The Morgan fingerprint density at radius 1 is 1.32 bits per heavy atom. The van der Waals surface area contributed by atoms with E-state index < -0.39 is 0 Å². The highest BCUT2D eigenvalue weighted by Gasteiger charge is 2.27. The van der Waals surface area contributed by atoms with Crippen molar-refractivity contribution in [3.63, 3.8) is 0 Å². The molecule has 2 heterocycles. The summed E-state index contributed by atoms with van der Waals surface area (Å²) in [5.41, 5.74) is 0.918. The van der Waals surface area contributed by atoms with E-state index in [9.17, 15) is 4.79 Å². The molecule has 28 heavy (non-hydrogen) atoms. The molecule has 7 nitrogen and oxygen atoms in total. The van der Waals surface area contributed by atoms with Crippen molar-refractivity contribution in [2.24, 2.45) is 0 Å². The molecule has 1 aliphatic carbocycles. The van der Waals surface area contributed by atoms with Gasteiger partial charge in [-0.2, -0.15) is 0 Å². The molecule has 0 saturated heterocycles. The van der Waals surface area contributed by atoms with E-state index in [4.69, 9.17) is 9.15 Å². The maximum absolute atomic E-state index is 12.4. The summed E-state index contributed by atoms with van der Waals surface area (Å²) in [5.74, 6) is 2.33. The zero-order valence-corrected chi connectivity index (χ0v) is 16.6. The number of ether oxygens (including phenoxy) is 1. The lowest BCUT2D eigenvalue weighted by Gasteiger charge is -2.13. The number of carbonyl (C=O) groups excluding carboxylic acids is 1. The fraction of sp³-hybridized carbons (Fsp3) is 0.350. The lowest BCUT2D eigenvalue weighted by molar-refractivity contribution is -0.120. The van der Waals surface area contributed by atoms with E-state index in [1.807, 2.05) is 47.9 Å². The van der Waals surface area contributed by atoms with Crippen molar-refractivity contribution in [2.45, 2.75) is 42.8 Å². The Balaban J connectivity index is 1.61. The van der Waals surface area contributed by atoms with Gasteiger partial charge in [0.15, 0.2) is 11.0 Å². The second-order valence-corrected chi connectivity index (χ2v) is 8.05. The van der Waals surface area contributed by atoms with Crippen LogP contribution in [-0.2, 0) is 11.3 Å². The molecule has 1 amide bonds. The summed E-state index contributed by atoms with van der Waals surface area (Å²) >= 11 is 1.40. The van der Waals surface area contributed by atoms with Crippen molar-refractivity contribution in [3.8, 4) is 17.1 Å². The van der Waals surface area contributed by atoms with Gasteiger partial charge in [0, 0.05) is 11.6 Å². The molecular weight excluding hydrogens is 376 g/mol. The molecule has 1 unspecified atom stereocenters. The van der Waals surface area contributed by atoms with E-state index in [2.05, 4.69) is 15.5 Å². The highest BCUT2D eigenvalue weighted by molar-refractivity contribution is 8.00. The number of rotatable bonds is 8. The van der Waals surface area contributed by atoms with Gasteiger partial charge in [-0.25, -0.2) is 0 Å². The monoisotopic (exact) mass is 398 g/mol. The van der Waals surface area contributed by atoms with Crippen LogP contribution >= 0.6 is 11.8 Å². The van der Waals surface area contributed by atoms with Crippen LogP contribution in [0.2, 0.25) is 0 Å². The minimum atomic E-state index is -0.260. The molecule has 1 saturated carbocycles. The van der Waals surface area contributed by atoms with Crippen LogP contribution in [0.3, 0.4) is 0 Å². The highest BCUT2D eigenvalue weighted by atomic mass is 32.2. The first-order chi connectivity index (χ1) is 13.6. The predicted molar refractivity (Wildman–Crippen MR) is 106 cm³/mol. The van der Waals surface area contributed by atoms with Gasteiger partial charge in [-0.05, 0) is 56.2 Å². The molecule has 1 aromatic carbocycles. The van der Waals surface area contributed by atoms with Crippen molar-refractivity contribution in [2.75, 3.05) is 7.11 Å². The fourth-order valence-electron chi connectivity index (χ4n) is 2.79. The van der Waals surface area contributed by atoms with E-state index in [0.29, 0.717) is 17.7 Å². The summed E-state index contributed by atoms with van der Waals surface area (Å²) in [5, 5.41) is 12.2. The van der Waals surface area contributed by atoms with Gasteiger partial charge in [0.25, 0.3) is 0 Å². The van der Waals surface area contributed by atoms with E-state index in [1.165, 1.54) is 11.8 Å². The van der Waals surface area contributed by atoms with Crippen LogP contribution in [0.5, 0.6) is 5.75 Å². The molecule has 8 heteroatoms. The molecule has 146 valence electrons. The Hall–Kier alpha value is -2.74. The highest BCUT2D eigenvalue weighted by Crippen LogP contribution is 2.29. The second-order valence-electron chi connectivity index (χ2n) is 6.74. The molecule has 1 atom stereocenters. The molecule has 0 spiro atoms. The van der Waals surface area contributed by atoms with E-state index in [-0.39, 0.29) is 11.2 Å². The molecule has 0 bridgehead atoms. The largest absolute Gasteiger partial charge is 0.497 e. The third kappa shape index (κ3) is 4.22. The molecular formula is C20H22N4O3S. The molecule has 1 aliphatic rings. The number of methoxy groups -OCH3 is 1. The van der Waals surface area contributed by atoms with Crippen molar-refractivity contribution in [3.05, 3.63) is 48.4 Å². The number of nitrogens with zero attached hydrogens (tertiary/aromatic N) is 3. The predicted octanol–water partition coefficient (Wildman–Crippen LogP) is 3.35. The van der Waals surface area contributed by atoms with Gasteiger partial charge < -0.3 is 14.5 Å². The van der Waals surface area contributed by atoms with Crippen molar-refractivity contribution in [1.82, 2.24) is 20.1 Å². The lowest BCUT2D eigenvalue weighted by Crippen LogP contribution is -2.32. The summed E-state index contributed by atoms with van der Waals surface area (Å²) in [6.07, 6.45) is 3.78. The number of carbonyl (C=O) groups is 1. The first kappa shape index (κ1) is 18.6. The Bertz CT molecular complexity index is 933. The van der Waals surface area contributed by atoms with Crippen LogP contribution < -0.4 is 10.1 Å². The Morgan fingerprint density at radius 3 is 2.75 bits per heavy atom. The van der Waals surface area contributed by atoms with Crippen molar-refractivity contribution >= 4 is 17.7 Å². The topological polar surface area (TPSA) is 82.2 Å². The van der Waals surface area contributed by atoms with Gasteiger partial charge in [-0.1, -0.05) is 11.8 Å². The Morgan fingerprint density at radius 2 is 2.11 bits per heavy atom. The van der Waals surface area contributed by atoms with E-state index >= 15 is 0 Å². The molecule has 2 aromatic heterocycles. The minimum Gasteiger partial charge on any atom is -0.497 e. The molecule has 0 aliphatic heterocycles. The number of hydrogen-bond donors (Lipinski definition) is 1. The summed E-state index contributed by atoms with van der Waals surface area (Å²) in [4.78, 5) is 12.4. The first-order valence-electron chi connectivity index (χ1n) is 9.21. The van der Waals surface area contributed by atoms with Crippen molar-refractivity contribution in [1.29, 1.82) is 0 Å². The van der Waals surface area contributed by atoms with Gasteiger partial charge in [-0.15, -0.1) is 10.2 Å². The smallest absolute Gasteiger partial charge is 0.233 e. The number of furan rings is 1. The summed E-state index contributed by atoms with van der Waals surface area (Å²) in [7, 11) is 1.64. The average Bonchev–Trinajstić information content (AvgIpc) is 3.22. The van der Waals surface area contributed by atoms with Crippen molar-refractivity contribution < 1.29 is 13.9 Å². The zero-order chi connectivity index (χ0) is 19.5. The summed E-state index contributed by atoms with van der Waals surface area (Å²) < 4.78 is 12.7. The van der Waals surface area contributed by atoms with Crippen LogP contribution in [-0.4, -0.2) is 39.1 Å². The van der Waals surface area contributed by atoms with Gasteiger partial charge in [0.2, 0.25) is 5.91 Å². The molecule has 3 aromatic rings. The lowest BCUT2D eigenvalue weighted by atomic mass is 10.2. The number of nitrogens with one attached hydrogen (secondary N) is 1. The summed E-state index contributed by atoms with van der Waals surface area (Å²) in [6.45, 7) is 2.38. The van der Waals surface area contributed by atoms with Gasteiger partial charge in [0.1, 0.15) is 11.5 Å². The molecule has 1 N–H and O–H groups in total. The van der Waals surface area contributed by atoms with E-state index in [0.717, 1.165) is 35.7 Å². The number of thioether (sulfide) groups is 1. The maximum atomic E-state index is 12.4. The number of amides is 1. The third-order valence-corrected chi connectivity index (χ3v) is 5.61. The van der Waals surface area contributed by atoms with Gasteiger partial charge in [0.05, 0.1) is 25.2 Å². The van der Waals surface area contributed by atoms with E-state index in [1.54, 1.807) is 13.4 Å². The fourth-order valence-corrected chi connectivity index (χ4v) is 3.65. The van der Waals surface area contributed by atoms with Crippen LogP contribution in [0, 0.1) is 0 Å². The second kappa shape index (κ2) is 8.10. The number of aromatic nitrogens is 3. The molecule has 4 rings (SSSR count). The number of hydrogen-bond acceptors (Lipinski definition) is 6.